The molecule has 0 radical (unpaired) electrons. The van der Waals surface area contributed by atoms with E-state index in [4.69, 9.17) is 19.2 Å². The molecule has 0 aromatic carbocycles. The summed E-state index contributed by atoms with van der Waals surface area (Å²) in [7, 11) is -4.61. The molecule has 0 aromatic rings. The largest absolute Gasteiger partial charge is 2.00 e. The third-order valence-corrected chi connectivity index (χ3v) is 0. The second-order valence-corrected chi connectivity index (χ2v) is 1.80. The zero-order chi connectivity index (χ0) is 4.50. The molecule has 0 unspecified atom stereocenters. The van der Waals surface area contributed by atoms with E-state index in [1.807, 2.05) is 0 Å². The molecule has 0 saturated carbocycles. The van der Waals surface area contributed by atoms with Crippen LogP contribution in [0.3, 0.4) is 0 Å². The minimum absolute atomic E-state index is 0. The molecule has 0 aromatic heterocycles. The summed E-state index contributed by atoms with van der Waals surface area (Å²) in [6, 6.07) is 0. The molecular weight excluding hydrogens is 325 g/mol. The summed E-state index contributed by atoms with van der Waals surface area (Å²) in [5, 5.41) is 0. The van der Waals surface area contributed by atoms with Crippen molar-refractivity contribution in [2.75, 3.05) is 0 Å². The first-order chi connectivity index (χ1) is 2.00. The van der Waals surface area contributed by atoms with Gasteiger partial charge < -0.3 is 22.0 Å². The second kappa shape index (κ2) is 6.44. The minimum atomic E-state index is -4.61. The van der Waals surface area contributed by atoms with Crippen molar-refractivity contribution in [2.24, 2.45) is 0 Å². The van der Waals surface area contributed by atoms with Crippen molar-refractivity contribution in [3.8, 4) is 0 Å². The van der Waals surface area contributed by atoms with Crippen LogP contribution in [0, 0.1) is 0 Å². The molecule has 0 aliphatic heterocycles. The Labute approximate surface area is 99.4 Å². The fourth-order valence-corrected chi connectivity index (χ4v) is 0. The van der Waals surface area contributed by atoms with Crippen LogP contribution in [0.1, 0.15) is 2.85 Å². The van der Waals surface area contributed by atoms with Crippen LogP contribution in [0.15, 0.2) is 0 Å². The molecule has 7 heteroatoms. The van der Waals surface area contributed by atoms with Gasteiger partial charge in [0, 0.05) is 21.1 Å². The average molecular weight is 331 g/mol. The Balaban J connectivity index is -0.0000000133. The van der Waals surface area contributed by atoms with Crippen molar-refractivity contribution in [3.63, 3.8) is 0 Å². The van der Waals surface area contributed by atoms with Crippen molar-refractivity contribution in [1.29, 1.82) is 0 Å². The van der Waals surface area contributed by atoms with Crippen molar-refractivity contribution in [1.82, 2.24) is 0 Å². The van der Waals surface area contributed by atoms with E-state index in [0.717, 1.165) is 0 Å². The smallest absolute Gasteiger partial charge is 1.00 e. The molecule has 0 aliphatic carbocycles. The Kier molecular flexibility index (Phi) is 14.9. The zero-order valence-electron chi connectivity index (χ0n) is 5.40. The summed E-state index contributed by atoms with van der Waals surface area (Å²) in [4.78, 5) is 29.3. The molecule has 4 nitrogen and oxygen atoms in total. The van der Waals surface area contributed by atoms with E-state index in [1.54, 1.807) is 0 Å². The predicted octanol–water partition coefficient (Wildman–Crippen LogP) is -2.77. The van der Waals surface area contributed by atoms with Crippen LogP contribution in [-0.2, 0) is 21.1 Å². The van der Waals surface area contributed by atoms with Gasteiger partial charge in [-0.3, -0.25) is 0 Å². The van der Waals surface area contributed by atoms with Crippen LogP contribution < -0.4 is 0 Å². The Morgan fingerprint density at radius 3 is 1.00 bits per heavy atom. The summed E-state index contributed by atoms with van der Waals surface area (Å²) < 4.78 is 0. The standard InChI is InChI=1S/Ba.Mo.H4O4Si.2H/c;;1-5(2,3)4;;/h;;1-4H;;/q+2;;;2*-1. The monoisotopic (exact) mass is 334 g/mol. The number of hydrogen-bond acceptors (Lipinski definition) is 4. The third kappa shape index (κ3) is 61.8. The zero-order valence-corrected chi connectivity index (χ0v) is 10.9. The molecule has 7 heavy (non-hydrogen) atoms. The first-order valence-electron chi connectivity index (χ1n) is 0.894. The SMILES string of the molecule is O[Si](O)(O)O.[Ba+2].[H-].[H-].[Mo]. The molecule has 0 heterocycles. The molecule has 0 rings (SSSR count). The fraction of sp³-hybridized carbons (Fsp3) is 0. The van der Waals surface area contributed by atoms with Crippen LogP contribution in [-0.4, -0.2) is 77.1 Å². The van der Waals surface area contributed by atoms with Gasteiger partial charge in [0.15, 0.2) is 0 Å². The Morgan fingerprint density at radius 2 is 1.00 bits per heavy atom. The van der Waals surface area contributed by atoms with Gasteiger partial charge in [0.25, 0.3) is 0 Å². The topological polar surface area (TPSA) is 80.9 Å². The van der Waals surface area contributed by atoms with Gasteiger partial charge in [0.2, 0.25) is 0 Å². The van der Waals surface area contributed by atoms with Crippen molar-refractivity contribution < 1.29 is 43.1 Å². The molecule has 0 atom stereocenters. The van der Waals surface area contributed by atoms with E-state index >= 15 is 0 Å². The van der Waals surface area contributed by atoms with Crippen LogP contribution in [0.2, 0.25) is 0 Å². The Bertz CT molecular complexity index is 34.0. The Morgan fingerprint density at radius 1 is 1.00 bits per heavy atom. The molecule has 0 fully saturated rings. The van der Waals surface area contributed by atoms with Gasteiger partial charge in [0.1, 0.15) is 0 Å². The van der Waals surface area contributed by atoms with Crippen molar-refractivity contribution in [2.45, 2.75) is 0 Å². The van der Waals surface area contributed by atoms with E-state index in [0.29, 0.717) is 0 Å². The fourth-order valence-electron chi connectivity index (χ4n) is 0. The second-order valence-electron chi connectivity index (χ2n) is 0.600. The number of rotatable bonds is 0. The van der Waals surface area contributed by atoms with Gasteiger partial charge in [-0.05, 0) is 0 Å². The molecule has 0 aliphatic rings. The normalized spacial score (nSPS) is 8.57. The predicted molar refractivity (Wildman–Crippen MR) is 22.6 cm³/mol. The van der Waals surface area contributed by atoms with Crippen LogP contribution in [0.25, 0.3) is 0 Å². The van der Waals surface area contributed by atoms with Crippen LogP contribution >= 0.6 is 0 Å². The summed E-state index contributed by atoms with van der Waals surface area (Å²) in [6.45, 7) is 0. The maximum Gasteiger partial charge on any atom is 2.00 e. The summed E-state index contributed by atoms with van der Waals surface area (Å²) in [5.41, 5.74) is 0. The van der Waals surface area contributed by atoms with Crippen LogP contribution in [0.4, 0.5) is 0 Å². The first kappa shape index (κ1) is 16.2. The van der Waals surface area contributed by atoms with Crippen molar-refractivity contribution >= 4 is 57.9 Å². The van der Waals surface area contributed by atoms with Crippen molar-refractivity contribution in [3.05, 3.63) is 0 Å². The minimum Gasteiger partial charge on any atom is -1.00 e. The molecular formula is H6BaMoO4Si. The average Bonchev–Trinajstić information content (AvgIpc) is 0.722. The maximum atomic E-state index is 7.33. The molecule has 4 N–H and O–H groups in total. The first-order valence-corrected chi connectivity index (χ1v) is 2.68. The Hall–Kier alpha value is 2.32. The van der Waals surface area contributed by atoms with E-state index in [1.165, 1.54) is 0 Å². The van der Waals surface area contributed by atoms with Gasteiger partial charge in [-0.25, -0.2) is 0 Å². The van der Waals surface area contributed by atoms with Gasteiger partial charge in [-0.1, -0.05) is 0 Å². The van der Waals surface area contributed by atoms with Gasteiger partial charge >= 0.3 is 57.9 Å². The van der Waals surface area contributed by atoms with E-state index in [9.17, 15) is 0 Å². The van der Waals surface area contributed by atoms with Gasteiger partial charge in [-0.15, -0.1) is 0 Å². The van der Waals surface area contributed by atoms with E-state index in [-0.39, 0.29) is 72.8 Å². The van der Waals surface area contributed by atoms with E-state index in [2.05, 4.69) is 0 Å². The molecule has 0 spiro atoms. The quantitative estimate of drug-likeness (QED) is 0.363. The van der Waals surface area contributed by atoms with Crippen LogP contribution in [0.5, 0.6) is 0 Å². The summed E-state index contributed by atoms with van der Waals surface area (Å²) in [5.74, 6) is 0. The molecule has 0 amide bonds. The molecule has 0 saturated heterocycles. The molecule has 42 valence electrons. The number of hydrogen-bond donors (Lipinski definition) is 4. The van der Waals surface area contributed by atoms with Gasteiger partial charge in [0.05, 0.1) is 0 Å². The maximum absolute atomic E-state index is 7.33. The summed E-state index contributed by atoms with van der Waals surface area (Å²) in [6.07, 6.45) is 0. The van der Waals surface area contributed by atoms with E-state index < -0.39 is 9.05 Å². The summed E-state index contributed by atoms with van der Waals surface area (Å²) >= 11 is 0. The molecule has 0 bridgehead atoms. The van der Waals surface area contributed by atoms with Gasteiger partial charge in [-0.2, -0.15) is 0 Å². The third-order valence-electron chi connectivity index (χ3n) is 0.